The summed E-state index contributed by atoms with van der Waals surface area (Å²) in [5.41, 5.74) is 0.597. The Morgan fingerprint density at radius 2 is 1.85 bits per heavy atom. The normalized spacial score (nSPS) is 16.0. The molecule has 3 rings (SSSR count). The molecule has 0 bridgehead atoms. The smallest absolute Gasteiger partial charge is 0.309 e. The number of halogens is 1. The SMILES string of the molecule is CNC(=O)C(=O)NCC(c1ccco1)N1CCN(c2ccccc2F)CC1. The fourth-order valence-corrected chi connectivity index (χ4v) is 3.26. The van der Waals surface area contributed by atoms with E-state index in [2.05, 4.69) is 15.5 Å². The van der Waals surface area contributed by atoms with Gasteiger partial charge in [-0.05, 0) is 24.3 Å². The van der Waals surface area contributed by atoms with Gasteiger partial charge in [0.15, 0.2) is 0 Å². The molecule has 2 aromatic rings. The van der Waals surface area contributed by atoms with Crippen LogP contribution in [0.1, 0.15) is 11.8 Å². The number of carbonyl (C=O) groups excluding carboxylic acids is 2. The summed E-state index contributed by atoms with van der Waals surface area (Å²) < 4.78 is 19.5. The van der Waals surface area contributed by atoms with E-state index in [4.69, 9.17) is 4.42 Å². The van der Waals surface area contributed by atoms with Gasteiger partial charge in [-0.1, -0.05) is 12.1 Å². The van der Waals surface area contributed by atoms with Gasteiger partial charge in [-0.2, -0.15) is 0 Å². The zero-order valence-electron chi connectivity index (χ0n) is 15.2. The van der Waals surface area contributed by atoms with Crippen LogP contribution in [0, 0.1) is 5.82 Å². The third-order valence-electron chi connectivity index (χ3n) is 4.71. The van der Waals surface area contributed by atoms with Gasteiger partial charge in [-0.3, -0.25) is 14.5 Å². The number of rotatable bonds is 5. The quantitative estimate of drug-likeness (QED) is 0.768. The van der Waals surface area contributed by atoms with Crippen molar-refractivity contribution in [2.24, 2.45) is 0 Å². The van der Waals surface area contributed by atoms with Crippen molar-refractivity contribution >= 4 is 17.5 Å². The van der Waals surface area contributed by atoms with Gasteiger partial charge < -0.3 is 20.0 Å². The highest BCUT2D eigenvalue weighted by molar-refractivity contribution is 6.35. The first-order chi connectivity index (χ1) is 13.1. The van der Waals surface area contributed by atoms with E-state index in [9.17, 15) is 14.0 Å². The van der Waals surface area contributed by atoms with Crippen molar-refractivity contribution in [3.63, 3.8) is 0 Å². The summed E-state index contributed by atoms with van der Waals surface area (Å²) in [6, 6.07) is 10.2. The van der Waals surface area contributed by atoms with E-state index in [1.807, 2.05) is 17.0 Å². The van der Waals surface area contributed by atoms with Crippen LogP contribution in [-0.2, 0) is 9.59 Å². The maximum absolute atomic E-state index is 14.0. The summed E-state index contributed by atoms with van der Waals surface area (Å²) in [5.74, 6) is -0.880. The number of furan rings is 1. The molecule has 1 atom stereocenters. The van der Waals surface area contributed by atoms with E-state index in [1.165, 1.54) is 13.1 Å². The number of carbonyl (C=O) groups is 2. The highest BCUT2D eigenvalue weighted by Crippen LogP contribution is 2.25. The highest BCUT2D eigenvalue weighted by Gasteiger charge is 2.28. The van der Waals surface area contributed by atoms with Gasteiger partial charge in [0.05, 0.1) is 18.0 Å². The summed E-state index contributed by atoms with van der Waals surface area (Å²) in [6.07, 6.45) is 1.58. The van der Waals surface area contributed by atoms with Gasteiger partial charge in [-0.25, -0.2) is 4.39 Å². The molecule has 0 saturated carbocycles. The van der Waals surface area contributed by atoms with Crippen molar-refractivity contribution < 1.29 is 18.4 Å². The van der Waals surface area contributed by atoms with E-state index < -0.39 is 11.8 Å². The van der Waals surface area contributed by atoms with Crippen LogP contribution < -0.4 is 15.5 Å². The van der Waals surface area contributed by atoms with Crippen molar-refractivity contribution in [3.05, 3.63) is 54.2 Å². The molecule has 1 saturated heterocycles. The largest absolute Gasteiger partial charge is 0.468 e. The maximum Gasteiger partial charge on any atom is 0.309 e. The molecule has 0 radical (unpaired) electrons. The fourth-order valence-electron chi connectivity index (χ4n) is 3.26. The van der Waals surface area contributed by atoms with E-state index in [1.54, 1.807) is 24.5 Å². The van der Waals surface area contributed by atoms with E-state index in [0.717, 1.165) is 0 Å². The van der Waals surface area contributed by atoms with E-state index >= 15 is 0 Å². The van der Waals surface area contributed by atoms with Gasteiger partial charge in [-0.15, -0.1) is 0 Å². The minimum atomic E-state index is -0.683. The molecule has 1 aromatic heterocycles. The summed E-state index contributed by atoms with van der Waals surface area (Å²) in [5, 5.41) is 4.95. The van der Waals surface area contributed by atoms with Crippen LogP contribution in [0.5, 0.6) is 0 Å². The third-order valence-corrected chi connectivity index (χ3v) is 4.71. The minimum absolute atomic E-state index is 0.198. The number of amides is 2. The molecule has 7 nitrogen and oxygen atoms in total. The van der Waals surface area contributed by atoms with Gasteiger partial charge in [0.1, 0.15) is 11.6 Å². The Bertz CT molecular complexity index is 773. The maximum atomic E-state index is 14.0. The van der Waals surface area contributed by atoms with E-state index in [0.29, 0.717) is 37.6 Å². The van der Waals surface area contributed by atoms with Crippen LogP contribution in [0.15, 0.2) is 47.1 Å². The number of nitrogens with one attached hydrogen (secondary N) is 2. The number of piperazine rings is 1. The average molecular weight is 374 g/mol. The zero-order chi connectivity index (χ0) is 19.2. The second-order valence-corrected chi connectivity index (χ2v) is 6.29. The molecule has 1 aliphatic rings. The van der Waals surface area contributed by atoms with Crippen molar-refractivity contribution in [2.75, 3.05) is 44.7 Å². The van der Waals surface area contributed by atoms with E-state index in [-0.39, 0.29) is 18.4 Å². The topological polar surface area (TPSA) is 77.8 Å². The van der Waals surface area contributed by atoms with Crippen LogP contribution in [0.3, 0.4) is 0 Å². The Balaban J connectivity index is 1.65. The highest BCUT2D eigenvalue weighted by atomic mass is 19.1. The molecule has 1 aromatic carbocycles. The van der Waals surface area contributed by atoms with Gasteiger partial charge in [0.2, 0.25) is 0 Å². The Kier molecular flexibility index (Phi) is 6.08. The Morgan fingerprint density at radius 3 is 2.48 bits per heavy atom. The number of benzene rings is 1. The molecule has 27 heavy (non-hydrogen) atoms. The van der Waals surface area contributed by atoms with Crippen LogP contribution >= 0.6 is 0 Å². The van der Waals surface area contributed by atoms with Gasteiger partial charge in [0, 0.05) is 39.8 Å². The number of nitrogens with zero attached hydrogens (tertiary/aromatic N) is 2. The first-order valence-corrected chi connectivity index (χ1v) is 8.87. The predicted octanol–water partition coefficient (Wildman–Crippen LogP) is 1.14. The predicted molar refractivity (Wildman–Crippen MR) is 98.7 cm³/mol. The lowest BCUT2D eigenvalue weighted by molar-refractivity contribution is -0.139. The lowest BCUT2D eigenvalue weighted by Crippen LogP contribution is -2.50. The summed E-state index contributed by atoms with van der Waals surface area (Å²) in [4.78, 5) is 27.4. The van der Waals surface area contributed by atoms with Crippen molar-refractivity contribution in [1.82, 2.24) is 15.5 Å². The summed E-state index contributed by atoms with van der Waals surface area (Å²) >= 11 is 0. The first kappa shape index (κ1) is 18.9. The molecule has 144 valence electrons. The molecule has 1 aliphatic heterocycles. The fraction of sp³-hybridized carbons (Fsp3) is 0.368. The molecule has 2 N–H and O–H groups in total. The molecule has 0 spiro atoms. The van der Waals surface area contributed by atoms with Crippen LogP contribution in [0.25, 0.3) is 0 Å². The number of para-hydroxylation sites is 1. The standard InChI is InChI=1S/C19H23FN4O3/c1-21-18(25)19(26)22-13-16(17-7-4-12-27-17)24-10-8-23(9-11-24)15-6-3-2-5-14(15)20/h2-7,12,16H,8-11,13H2,1H3,(H,21,25)(H,22,26). The number of hydrogen-bond donors (Lipinski definition) is 2. The number of likely N-dealkylation sites (N-methyl/N-ethyl adjacent to an activating group) is 1. The second-order valence-electron chi connectivity index (χ2n) is 6.29. The molecular formula is C19H23FN4O3. The van der Waals surface area contributed by atoms with Crippen LogP contribution in [0.4, 0.5) is 10.1 Å². The zero-order valence-corrected chi connectivity index (χ0v) is 15.2. The van der Waals surface area contributed by atoms with Crippen molar-refractivity contribution in [1.29, 1.82) is 0 Å². The molecule has 2 amide bonds. The summed E-state index contributed by atoms with van der Waals surface area (Å²) in [6.45, 7) is 2.91. The number of hydrogen-bond acceptors (Lipinski definition) is 5. The molecule has 1 unspecified atom stereocenters. The average Bonchev–Trinajstić information content (AvgIpc) is 3.23. The Labute approximate surface area is 157 Å². The molecule has 8 heteroatoms. The molecule has 2 heterocycles. The van der Waals surface area contributed by atoms with Crippen LogP contribution in [0.2, 0.25) is 0 Å². The minimum Gasteiger partial charge on any atom is -0.468 e. The molecular weight excluding hydrogens is 351 g/mol. The van der Waals surface area contributed by atoms with Crippen molar-refractivity contribution in [2.45, 2.75) is 6.04 Å². The van der Waals surface area contributed by atoms with Gasteiger partial charge in [0.25, 0.3) is 0 Å². The monoisotopic (exact) mass is 374 g/mol. The van der Waals surface area contributed by atoms with Gasteiger partial charge >= 0.3 is 11.8 Å². The lowest BCUT2D eigenvalue weighted by Gasteiger charge is -2.39. The lowest BCUT2D eigenvalue weighted by atomic mass is 10.1. The van der Waals surface area contributed by atoms with Crippen molar-refractivity contribution in [3.8, 4) is 0 Å². The first-order valence-electron chi connectivity index (χ1n) is 8.87. The summed E-state index contributed by atoms with van der Waals surface area (Å²) in [7, 11) is 1.41. The Morgan fingerprint density at radius 1 is 1.11 bits per heavy atom. The third kappa shape index (κ3) is 4.46. The van der Waals surface area contributed by atoms with Crippen LogP contribution in [-0.4, -0.2) is 56.5 Å². The Hall–Kier alpha value is -2.87. The molecule has 0 aliphatic carbocycles. The number of anilines is 1. The second kappa shape index (κ2) is 8.68. The molecule has 1 fully saturated rings.